The molecule has 2 fully saturated rings. The Kier molecular flexibility index (Phi) is 5.83. The Morgan fingerprint density at radius 3 is 2.86 bits per heavy atom. The van der Waals surface area contributed by atoms with Gasteiger partial charge in [0.2, 0.25) is 0 Å². The predicted molar refractivity (Wildman–Crippen MR) is 143 cm³/mol. The summed E-state index contributed by atoms with van der Waals surface area (Å²) in [6, 6.07) is 16.3. The number of benzene rings is 2. The van der Waals surface area contributed by atoms with Gasteiger partial charge in [-0.15, -0.1) is 0 Å². The second kappa shape index (κ2) is 9.04. The number of hydrogen-bond acceptors (Lipinski definition) is 7. The molecule has 3 aliphatic heterocycles. The Morgan fingerprint density at radius 1 is 1.19 bits per heavy atom. The lowest BCUT2D eigenvalue weighted by molar-refractivity contribution is 0.105. The van der Waals surface area contributed by atoms with Crippen LogP contribution in [0.3, 0.4) is 0 Å². The lowest BCUT2D eigenvalue weighted by Crippen LogP contribution is -2.51. The first-order valence-electron chi connectivity index (χ1n) is 12.9. The van der Waals surface area contributed by atoms with E-state index < -0.39 is 0 Å². The van der Waals surface area contributed by atoms with Gasteiger partial charge < -0.3 is 19.9 Å². The van der Waals surface area contributed by atoms with E-state index in [0.717, 1.165) is 43.6 Å². The molecule has 0 saturated carbocycles. The molecule has 1 aromatic heterocycles. The topological polar surface area (TPSA) is 67.7 Å². The molecule has 0 amide bonds. The van der Waals surface area contributed by atoms with Crippen molar-refractivity contribution in [3.05, 3.63) is 64.8 Å². The normalized spacial score (nSPS) is 25.6. The molecule has 6 rings (SSSR count). The zero-order chi connectivity index (χ0) is 25.0. The summed E-state index contributed by atoms with van der Waals surface area (Å²) in [5.74, 6) is 0. The highest BCUT2D eigenvalue weighted by molar-refractivity contribution is 5.95. The smallest absolute Gasteiger partial charge is 0.101 e. The molecule has 0 spiro atoms. The van der Waals surface area contributed by atoms with Crippen molar-refractivity contribution in [1.82, 2.24) is 15.2 Å². The van der Waals surface area contributed by atoms with E-state index in [4.69, 9.17) is 4.74 Å². The van der Waals surface area contributed by atoms with E-state index in [1.54, 1.807) is 6.20 Å². The van der Waals surface area contributed by atoms with E-state index >= 15 is 0 Å². The van der Waals surface area contributed by atoms with E-state index in [2.05, 4.69) is 76.2 Å². The summed E-state index contributed by atoms with van der Waals surface area (Å²) in [7, 11) is 4.02. The monoisotopic (exact) mass is 482 g/mol. The molecule has 3 aromatic rings. The number of piperazine rings is 1. The molecule has 0 aliphatic carbocycles. The van der Waals surface area contributed by atoms with Crippen molar-refractivity contribution in [2.75, 3.05) is 50.1 Å². The largest absolute Gasteiger partial charge is 0.378 e. The third-order valence-corrected chi connectivity index (χ3v) is 8.53. The summed E-state index contributed by atoms with van der Waals surface area (Å²) in [6.45, 7) is 9.29. The van der Waals surface area contributed by atoms with Crippen LogP contribution >= 0.6 is 0 Å². The van der Waals surface area contributed by atoms with Gasteiger partial charge in [-0.3, -0.25) is 9.88 Å². The van der Waals surface area contributed by atoms with E-state index in [9.17, 15) is 5.26 Å². The Balaban J connectivity index is 1.33. The molecule has 3 aliphatic rings. The Labute approximate surface area is 213 Å². The maximum absolute atomic E-state index is 9.57. The summed E-state index contributed by atoms with van der Waals surface area (Å²) >= 11 is 0. The van der Waals surface area contributed by atoms with Gasteiger partial charge in [-0.25, -0.2) is 0 Å². The number of nitrogens with one attached hydrogen (secondary N) is 1. The molecule has 0 unspecified atom stereocenters. The van der Waals surface area contributed by atoms with Gasteiger partial charge in [0, 0.05) is 75.9 Å². The third-order valence-electron chi connectivity index (χ3n) is 8.53. The van der Waals surface area contributed by atoms with Crippen molar-refractivity contribution in [3.8, 4) is 6.07 Å². The van der Waals surface area contributed by atoms with Gasteiger partial charge in [-0.1, -0.05) is 6.07 Å². The number of aromatic nitrogens is 1. The van der Waals surface area contributed by atoms with Crippen LogP contribution in [0.2, 0.25) is 0 Å². The molecule has 4 atom stereocenters. The van der Waals surface area contributed by atoms with Crippen molar-refractivity contribution >= 4 is 22.3 Å². The number of methoxy groups -OCH3 is 1. The average molecular weight is 483 g/mol. The zero-order valence-corrected chi connectivity index (χ0v) is 21.5. The lowest BCUT2D eigenvalue weighted by atomic mass is 9.97. The highest BCUT2D eigenvalue weighted by Gasteiger charge is 2.40. The minimum atomic E-state index is 0.208. The van der Waals surface area contributed by atoms with Gasteiger partial charge in [0.05, 0.1) is 29.3 Å². The standard InChI is InChI=1S/C29H34N6O/c1-18-10-23-21(11-25(18)33(3)26-13-31-14-28(26)36-4)16-35-19(2)15-34(17-27(23)35)24-8-7-20(12-30)29-22(24)6-5-9-32-29/h5-11,19,26-28,31H,13-17H2,1-4H3/t19-,26-,27-,28-/m1/s1. The fourth-order valence-corrected chi connectivity index (χ4v) is 6.61. The highest BCUT2D eigenvalue weighted by Crippen LogP contribution is 2.43. The number of hydrogen-bond donors (Lipinski definition) is 1. The SMILES string of the molecule is CO[C@@H]1CNC[C@H]1N(C)c1cc2c(cc1C)[C@H]1CN(c3ccc(C#N)c4ncccc34)C[C@@H](C)N1C2. The summed E-state index contributed by atoms with van der Waals surface area (Å²) in [4.78, 5) is 12.1. The molecule has 7 nitrogen and oxygen atoms in total. The Morgan fingerprint density at radius 2 is 2.06 bits per heavy atom. The van der Waals surface area contributed by atoms with Crippen molar-refractivity contribution in [1.29, 1.82) is 5.26 Å². The number of likely N-dealkylation sites (N-methyl/N-ethyl adjacent to an activating group) is 1. The quantitative estimate of drug-likeness (QED) is 0.609. The van der Waals surface area contributed by atoms with Crippen molar-refractivity contribution < 1.29 is 4.74 Å². The lowest BCUT2D eigenvalue weighted by Gasteiger charge is -2.44. The van der Waals surface area contributed by atoms with E-state index in [-0.39, 0.29) is 6.10 Å². The number of aryl methyl sites for hydroxylation is 1. The minimum Gasteiger partial charge on any atom is -0.378 e. The van der Waals surface area contributed by atoms with E-state index in [1.807, 2.05) is 19.2 Å². The fraction of sp³-hybridized carbons (Fsp3) is 0.448. The van der Waals surface area contributed by atoms with Gasteiger partial charge in [0.15, 0.2) is 0 Å². The van der Waals surface area contributed by atoms with Crippen LogP contribution in [0.4, 0.5) is 11.4 Å². The van der Waals surface area contributed by atoms with Crippen LogP contribution < -0.4 is 15.1 Å². The number of fused-ring (bicyclic) bond motifs is 4. The van der Waals surface area contributed by atoms with Crippen LogP contribution in [-0.2, 0) is 11.3 Å². The number of ether oxygens (including phenoxy) is 1. The minimum absolute atomic E-state index is 0.208. The van der Waals surface area contributed by atoms with E-state index in [1.165, 1.54) is 28.1 Å². The van der Waals surface area contributed by atoms with Crippen molar-refractivity contribution in [2.24, 2.45) is 0 Å². The number of rotatable bonds is 4. The molecule has 2 saturated heterocycles. The second-order valence-corrected chi connectivity index (χ2v) is 10.5. The van der Waals surface area contributed by atoms with Crippen LogP contribution in [0.1, 0.15) is 35.2 Å². The van der Waals surface area contributed by atoms with Gasteiger partial charge in [-0.05, 0) is 60.9 Å². The Bertz CT molecular complexity index is 1350. The first kappa shape index (κ1) is 23.2. The van der Waals surface area contributed by atoms with Crippen molar-refractivity contribution in [3.63, 3.8) is 0 Å². The number of nitriles is 1. The highest BCUT2D eigenvalue weighted by atomic mass is 16.5. The van der Waals surface area contributed by atoms with Crippen LogP contribution in [0.5, 0.6) is 0 Å². The summed E-state index contributed by atoms with van der Waals surface area (Å²) in [6.07, 6.45) is 1.98. The van der Waals surface area contributed by atoms with Crippen molar-refractivity contribution in [2.45, 2.75) is 44.6 Å². The molecule has 1 N–H and O–H groups in total. The summed E-state index contributed by atoms with van der Waals surface area (Å²) in [5.41, 5.74) is 8.10. The van der Waals surface area contributed by atoms with E-state index in [0.29, 0.717) is 23.7 Å². The molecule has 4 heterocycles. The molecular weight excluding hydrogens is 448 g/mol. The third kappa shape index (κ3) is 3.64. The molecule has 2 aromatic carbocycles. The first-order chi connectivity index (χ1) is 17.5. The average Bonchev–Trinajstić information content (AvgIpc) is 3.52. The van der Waals surface area contributed by atoms with Gasteiger partial charge in [0.1, 0.15) is 6.07 Å². The van der Waals surface area contributed by atoms with Crippen LogP contribution in [-0.4, -0.2) is 68.4 Å². The first-order valence-corrected chi connectivity index (χ1v) is 12.9. The number of anilines is 2. The molecule has 0 bridgehead atoms. The molecule has 186 valence electrons. The number of pyridine rings is 1. The summed E-state index contributed by atoms with van der Waals surface area (Å²) in [5, 5.41) is 14.1. The van der Waals surface area contributed by atoms with Gasteiger partial charge in [0.25, 0.3) is 0 Å². The molecular formula is C29H34N6O. The maximum atomic E-state index is 9.57. The second-order valence-electron chi connectivity index (χ2n) is 10.5. The van der Waals surface area contributed by atoms with Gasteiger partial charge in [-0.2, -0.15) is 5.26 Å². The maximum Gasteiger partial charge on any atom is 0.101 e. The molecule has 0 radical (unpaired) electrons. The predicted octanol–water partition coefficient (Wildman–Crippen LogP) is 3.60. The fourth-order valence-electron chi connectivity index (χ4n) is 6.61. The zero-order valence-electron chi connectivity index (χ0n) is 21.5. The molecule has 36 heavy (non-hydrogen) atoms. The molecule has 7 heteroatoms. The number of nitrogens with zero attached hydrogens (tertiary/aromatic N) is 5. The Hall–Kier alpha value is -3.18. The van der Waals surface area contributed by atoms with Crippen LogP contribution in [0, 0.1) is 18.3 Å². The van der Waals surface area contributed by atoms with Crippen LogP contribution in [0.15, 0.2) is 42.6 Å². The van der Waals surface area contributed by atoms with Gasteiger partial charge >= 0.3 is 0 Å². The summed E-state index contributed by atoms with van der Waals surface area (Å²) < 4.78 is 5.75. The van der Waals surface area contributed by atoms with Crippen LogP contribution in [0.25, 0.3) is 10.9 Å².